The van der Waals surface area contributed by atoms with Crippen molar-refractivity contribution >= 4 is 23.5 Å². The van der Waals surface area contributed by atoms with Crippen molar-refractivity contribution in [1.29, 1.82) is 0 Å². The molecule has 0 saturated carbocycles. The highest BCUT2D eigenvalue weighted by atomic mass is 35.5. The molecule has 0 bridgehead atoms. The maximum Gasteiger partial charge on any atom is 0.311 e. The molecule has 0 heterocycles. The summed E-state index contributed by atoms with van der Waals surface area (Å²) in [6, 6.07) is 5.03. The van der Waals surface area contributed by atoms with Crippen LogP contribution in [0.1, 0.15) is 43.6 Å². The van der Waals surface area contributed by atoms with Gasteiger partial charge < -0.3 is 10.4 Å². The Morgan fingerprint density at radius 2 is 1.70 bits per heavy atom. The van der Waals surface area contributed by atoms with Gasteiger partial charge in [-0.15, -0.1) is 0 Å². The number of benzene rings is 1. The van der Waals surface area contributed by atoms with E-state index in [1.54, 1.807) is 45.9 Å². The van der Waals surface area contributed by atoms with E-state index in [9.17, 15) is 14.7 Å². The Kier molecular flexibility index (Phi) is 4.49. The van der Waals surface area contributed by atoms with E-state index in [1.165, 1.54) is 0 Å². The van der Waals surface area contributed by atoms with E-state index in [4.69, 9.17) is 11.6 Å². The van der Waals surface area contributed by atoms with Crippen LogP contribution in [-0.4, -0.2) is 22.5 Å². The van der Waals surface area contributed by atoms with Crippen LogP contribution in [0.25, 0.3) is 0 Å². The highest BCUT2D eigenvalue weighted by Gasteiger charge is 2.44. The van der Waals surface area contributed by atoms with Crippen LogP contribution in [0.2, 0.25) is 5.02 Å². The molecule has 0 aliphatic heterocycles. The zero-order chi connectivity index (χ0) is 15.7. The summed E-state index contributed by atoms with van der Waals surface area (Å²) in [5.74, 6) is -1.31. The van der Waals surface area contributed by atoms with Gasteiger partial charge in [-0.2, -0.15) is 0 Å². The lowest BCUT2D eigenvalue weighted by molar-refractivity contribution is -0.150. The minimum absolute atomic E-state index is 0.338. The van der Waals surface area contributed by atoms with Gasteiger partial charge in [-0.1, -0.05) is 11.6 Å². The van der Waals surface area contributed by atoms with Crippen molar-refractivity contribution < 1.29 is 14.7 Å². The van der Waals surface area contributed by atoms with Crippen LogP contribution in [0.4, 0.5) is 0 Å². The summed E-state index contributed by atoms with van der Waals surface area (Å²) in [5.41, 5.74) is -0.718. The van der Waals surface area contributed by atoms with Crippen molar-refractivity contribution in [3.05, 3.63) is 34.3 Å². The average Bonchev–Trinajstić information content (AvgIpc) is 2.26. The average molecular weight is 298 g/mol. The lowest BCUT2D eigenvalue weighted by Crippen LogP contribution is -2.56. The fourth-order valence-electron chi connectivity index (χ4n) is 1.65. The number of amides is 1. The Labute approximate surface area is 124 Å². The van der Waals surface area contributed by atoms with Crippen LogP contribution in [0.5, 0.6) is 0 Å². The Hall–Kier alpha value is -1.55. The van der Waals surface area contributed by atoms with Crippen LogP contribution >= 0.6 is 11.6 Å². The highest BCUT2D eigenvalue weighted by Crippen LogP contribution is 2.31. The first-order valence-electron chi connectivity index (χ1n) is 6.30. The Balaban J connectivity index is 3.03. The lowest BCUT2D eigenvalue weighted by Gasteiger charge is -2.38. The van der Waals surface area contributed by atoms with Gasteiger partial charge in [0, 0.05) is 10.6 Å². The van der Waals surface area contributed by atoms with E-state index >= 15 is 0 Å². The standard InChI is InChI=1S/C15H20ClNO3/c1-9-6-10(8-11(16)7-9)12(18)17-15(4,5)14(2,3)13(19)20/h6-8H,1-5H3,(H,17,18)(H,19,20). The summed E-state index contributed by atoms with van der Waals surface area (Å²) in [5, 5.41) is 12.5. The van der Waals surface area contributed by atoms with Gasteiger partial charge in [0.25, 0.3) is 5.91 Å². The number of aliphatic carboxylic acids is 1. The molecule has 5 heteroatoms. The summed E-state index contributed by atoms with van der Waals surface area (Å²) in [6.45, 7) is 8.39. The van der Waals surface area contributed by atoms with Crippen molar-refractivity contribution in [2.75, 3.05) is 0 Å². The number of hydrogen-bond acceptors (Lipinski definition) is 2. The minimum Gasteiger partial charge on any atom is -0.481 e. The molecule has 1 amide bonds. The Morgan fingerprint density at radius 1 is 1.15 bits per heavy atom. The molecule has 1 aromatic rings. The minimum atomic E-state index is -1.10. The van der Waals surface area contributed by atoms with E-state index in [0.29, 0.717) is 10.6 Å². The van der Waals surface area contributed by atoms with Gasteiger partial charge in [-0.3, -0.25) is 9.59 Å². The first-order chi connectivity index (χ1) is 8.97. The molecule has 2 N–H and O–H groups in total. The topological polar surface area (TPSA) is 66.4 Å². The SMILES string of the molecule is Cc1cc(Cl)cc(C(=O)NC(C)(C)C(C)(C)C(=O)O)c1. The van der Waals surface area contributed by atoms with Gasteiger partial charge in [0.2, 0.25) is 0 Å². The number of rotatable bonds is 4. The third kappa shape index (κ3) is 3.31. The van der Waals surface area contributed by atoms with E-state index in [-0.39, 0.29) is 5.91 Å². The van der Waals surface area contributed by atoms with E-state index in [1.807, 2.05) is 6.92 Å². The third-order valence-electron chi connectivity index (χ3n) is 3.83. The Bertz CT molecular complexity index is 530. The van der Waals surface area contributed by atoms with Gasteiger partial charge in [-0.25, -0.2) is 0 Å². The van der Waals surface area contributed by atoms with Gasteiger partial charge in [0.05, 0.1) is 11.0 Å². The van der Waals surface area contributed by atoms with Crippen molar-refractivity contribution in [2.45, 2.75) is 40.2 Å². The van der Waals surface area contributed by atoms with Gasteiger partial charge in [0.1, 0.15) is 0 Å². The molecule has 110 valence electrons. The Morgan fingerprint density at radius 3 is 2.15 bits per heavy atom. The largest absolute Gasteiger partial charge is 0.481 e. The van der Waals surface area contributed by atoms with Gasteiger partial charge in [-0.05, 0) is 58.4 Å². The predicted molar refractivity (Wildman–Crippen MR) is 79.2 cm³/mol. The predicted octanol–water partition coefficient (Wildman–Crippen LogP) is 3.27. The summed E-state index contributed by atoms with van der Waals surface area (Å²) in [4.78, 5) is 23.6. The molecule has 0 radical (unpaired) electrons. The van der Waals surface area contributed by atoms with Crippen molar-refractivity contribution in [2.24, 2.45) is 5.41 Å². The number of carbonyl (C=O) groups is 2. The normalized spacial score (nSPS) is 12.1. The number of carboxylic acids is 1. The number of aryl methyl sites for hydroxylation is 1. The number of carboxylic acid groups (broad SMARTS) is 1. The maximum absolute atomic E-state index is 12.3. The summed E-state index contributed by atoms with van der Waals surface area (Å²) in [7, 11) is 0. The fourth-order valence-corrected chi connectivity index (χ4v) is 1.94. The monoisotopic (exact) mass is 297 g/mol. The van der Waals surface area contributed by atoms with Crippen molar-refractivity contribution in [1.82, 2.24) is 5.32 Å². The van der Waals surface area contributed by atoms with E-state index in [0.717, 1.165) is 5.56 Å². The highest BCUT2D eigenvalue weighted by molar-refractivity contribution is 6.31. The zero-order valence-corrected chi connectivity index (χ0v) is 13.1. The quantitative estimate of drug-likeness (QED) is 0.896. The number of nitrogens with one attached hydrogen (secondary N) is 1. The van der Waals surface area contributed by atoms with Crippen LogP contribution in [0.15, 0.2) is 18.2 Å². The molecule has 0 unspecified atom stereocenters. The van der Waals surface area contributed by atoms with E-state index in [2.05, 4.69) is 5.32 Å². The molecule has 1 aromatic carbocycles. The molecule has 0 aliphatic rings. The first-order valence-corrected chi connectivity index (χ1v) is 6.68. The fraction of sp³-hybridized carbons (Fsp3) is 0.467. The number of hydrogen-bond donors (Lipinski definition) is 2. The van der Waals surface area contributed by atoms with Crippen LogP contribution < -0.4 is 5.32 Å². The van der Waals surface area contributed by atoms with Crippen LogP contribution in [0, 0.1) is 12.3 Å². The second-order valence-corrected chi connectivity index (χ2v) is 6.46. The molecular weight excluding hydrogens is 278 g/mol. The van der Waals surface area contributed by atoms with E-state index < -0.39 is 16.9 Å². The smallest absolute Gasteiger partial charge is 0.311 e. The lowest BCUT2D eigenvalue weighted by atomic mass is 9.74. The van der Waals surface area contributed by atoms with Crippen LogP contribution in [0.3, 0.4) is 0 Å². The first kappa shape index (κ1) is 16.5. The molecule has 0 fully saturated rings. The molecule has 0 aliphatic carbocycles. The number of halogens is 1. The molecule has 0 aromatic heterocycles. The molecule has 20 heavy (non-hydrogen) atoms. The summed E-state index contributed by atoms with van der Waals surface area (Å²) >= 11 is 5.93. The number of carbonyl (C=O) groups excluding carboxylic acids is 1. The molecule has 0 saturated heterocycles. The second-order valence-electron chi connectivity index (χ2n) is 6.03. The molecule has 0 spiro atoms. The van der Waals surface area contributed by atoms with Crippen molar-refractivity contribution in [3.8, 4) is 0 Å². The maximum atomic E-state index is 12.3. The molecular formula is C15H20ClNO3. The molecule has 0 atom stereocenters. The summed E-state index contributed by atoms with van der Waals surface area (Å²) < 4.78 is 0. The zero-order valence-electron chi connectivity index (χ0n) is 12.4. The third-order valence-corrected chi connectivity index (χ3v) is 4.05. The van der Waals surface area contributed by atoms with Gasteiger partial charge >= 0.3 is 5.97 Å². The van der Waals surface area contributed by atoms with Crippen LogP contribution in [-0.2, 0) is 4.79 Å². The molecule has 1 rings (SSSR count). The van der Waals surface area contributed by atoms with Gasteiger partial charge in [0.15, 0.2) is 0 Å². The second kappa shape index (κ2) is 5.44. The summed E-state index contributed by atoms with van der Waals surface area (Å²) in [6.07, 6.45) is 0. The molecule has 4 nitrogen and oxygen atoms in total. The van der Waals surface area contributed by atoms with Crippen molar-refractivity contribution in [3.63, 3.8) is 0 Å².